The van der Waals surface area contributed by atoms with Crippen molar-refractivity contribution in [1.29, 1.82) is 0 Å². The molecule has 4 nitrogen and oxygen atoms in total. The molecule has 2 N–H and O–H groups in total. The van der Waals surface area contributed by atoms with Crippen LogP contribution in [0.25, 0.3) is 0 Å². The summed E-state index contributed by atoms with van der Waals surface area (Å²) in [5, 5.41) is -0.543. The summed E-state index contributed by atoms with van der Waals surface area (Å²) in [5.74, 6) is -0.166. The second-order valence-corrected chi connectivity index (χ2v) is 7.05. The molecule has 0 aliphatic heterocycles. The van der Waals surface area contributed by atoms with Crippen molar-refractivity contribution in [2.24, 2.45) is 5.73 Å². The Bertz CT molecular complexity index is 514. The zero-order valence-corrected chi connectivity index (χ0v) is 11.5. The molecule has 1 fully saturated rings. The highest BCUT2D eigenvalue weighted by molar-refractivity contribution is 7.91. The average Bonchev–Trinajstić information content (AvgIpc) is 2.95. The first-order valence-electron chi connectivity index (χ1n) is 6.01. The topological polar surface area (TPSA) is 69.4 Å². The van der Waals surface area contributed by atoms with Gasteiger partial charge in [0.1, 0.15) is 0 Å². The van der Waals surface area contributed by atoms with Crippen molar-refractivity contribution in [3.05, 3.63) is 35.9 Å². The van der Waals surface area contributed by atoms with E-state index < -0.39 is 20.6 Å². The molecule has 18 heavy (non-hydrogen) atoms. The van der Waals surface area contributed by atoms with Crippen LogP contribution in [0.3, 0.4) is 0 Å². The van der Waals surface area contributed by atoms with Crippen LogP contribution in [0.5, 0.6) is 0 Å². The zero-order valence-electron chi connectivity index (χ0n) is 10.7. The van der Waals surface area contributed by atoms with E-state index in [1.54, 1.807) is 0 Å². The van der Waals surface area contributed by atoms with Gasteiger partial charge in [0.2, 0.25) is 0 Å². The van der Waals surface area contributed by atoms with Crippen LogP contribution in [-0.4, -0.2) is 38.7 Å². The molecule has 0 spiro atoms. The fraction of sp³-hybridized carbons (Fsp3) is 0.538. The van der Waals surface area contributed by atoms with Gasteiger partial charge in [0.25, 0.3) is 0 Å². The molecule has 0 saturated heterocycles. The summed E-state index contributed by atoms with van der Waals surface area (Å²) >= 11 is 0. The van der Waals surface area contributed by atoms with Crippen molar-refractivity contribution in [3.63, 3.8) is 0 Å². The molecule has 3 atom stereocenters. The Kier molecular flexibility index (Phi) is 3.49. The number of nitrogens with two attached hydrogens (primary N) is 1. The molecule has 1 aliphatic rings. The molecule has 2 rings (SSSR count). The lowest BCUT2D eigenvalue weighted by Crippen LogP contribution is -2.36. The first kappa shape index (κ1) is 13.5. The van der Waals surface area contributed by atoms with E-state index in [0.29, 0.717) is 6.61 Å². The molecule has 1 aliphatic carbocycles. The van der Waals surface area contributed by atoms with Gasteiger partial charge in [-0.2, -0.15) is 0 Å². The molecule has 0 radical (unpaired) electrons. The third kappa shape index (κ3) is 2.30. The second kappa shape index (κ2) is 4.64. The minimum absolute atomic E-state index is 0.166. The molecule has 0 aromatic heterocycles. The molecule has 1 saturated carbocycles. The van der Waals surface area contributed by atoms with Gasteiger partial charge in [-0.3, -0.25) is 0 Å². The smallest absolute Gasteiger partial charge is 0.152 e. The molecule has 1 aromatic carbocycles. The predicted octanol–water partition coefficient (Wildman–Crippen LogP) is 0.931. The van der Waals surface area contributed by atoms with Crippen LogP contribution in [0.2, 0.25) is 0 Å². The van der Waals surface area contributed by atoms with Crippen LogP contribution in [-0.2, 0) is 14.6 Å². The lowest BCUT2D eigenvalue weighted by Gasteiger charge is -2.11. The molecular formula is C13H19NO3S. The fourth-order valence-corrected chi connectivity index (χ4v) is 4.50. The third-order valence-electron chi connectivity index (χ3n) is 3.48. The summed E-state index contributed by atoms with van der Waals surface area (Å²) in [5.41, 5.74) is 6.42. The third-order valence-corrected chi connectivity index (χ3v) is 5.11. The van der Waals surface area contributed by atoms with Gasteiger partial charge in [-0.15, -0.1) is 0 Å². The maximum absolute atomic E-state index is 11.8. The maximum atomic E-state index is 11.8. The second-order valence-electron chi connectivity index (χ2n) is 4.89. The Hall–Kier alpha value is -0.910. The van der Waals surface area contributed by atoms with Crippen molar-refractivity contribution < 1.29 is 13.2 Å². The van der Waals surface area contributed by atoms with Crippen LogP contribution in [0.4, 0.5) is 0 Å². The van der Waals surface area contributed by atoms with Crippen molar-refractivity contribution in [3.8, 4) is 0 Å². The number of sulfone groups is 1. The molecule has 0 heterocycles. The monoisotopic (exact) mass is 269 g/mol. The summed E-state index contributed by atoms with van der Waals surface area (Å²) < 4.78 is 29.0. The molecule has 0 unspecified atom stereocenters. The van der Waals surface area contributed by atoms with Crippen molar-refractivity contribution in [1.82, 2.24) is 0 Å². The number of hydrogen-bond donors (Lipinski definition) is 1. The van der Waals surface area contributed by atoms with Crippen molar-refractivity contribution >= 4 is 9.84 Å². The average molecular weight is 269 g/mol. The van der Waals surface area contributed by atoms with Gasteiger partial charge in [-0.05, 0) is 12.5 Å². The fourth-order valence-electron chi connectivity index (χ4n) is 2.66. The summed E-state index contributed by atoms with van der Waals surface area (Å²) in [6.45, 7) is 2.69. The lowest BCUT2D eigenvalue weighted by atomic mass is 10.1. The van der Waals surface area contributed by atoms with E-state index >= 15 is 0 Å². The minimum atomic E-state index is -3.17. The molecular weight excluding hydrogens is 250 g/mol. The van der Waals surface area contributed by atoms with Crippen LogP contribution >= 0.6 is 0 Å². The zero-order chi connectivity index (χ0) is 13.4. The predicted molar refractivity (Wildman–Crippen MR) is 71.2 cm³/mol. The Morgan fingerprint density at radius 2 is 1.94 bits per heavy atom. The summed E-state index contributed by atoms with van der Waals surface area (Å²) in [6.07, 6.45) is 1.24. The molecule has 5 heteroatoms. The normalized spacial score (nSPS) is 31.3. The summed E-state index contributed by atoms with van der Waals surface area (Å²) in [7, 11) is -3.17. The van der Waals surface area contributed by atoms with Gasteiger partial charge >= 0.3 is 0 Å². The van der Waals surface area contributed by atoms with Crippen LogP contribution in [0.1, 0.15) is 18.4 Å². The van der Waals surface area contributed by atoms with Crippen LogP contribution in [0, 0.1) is 0 Å². The number of benzene rings is 1. The van der Waals surface area contributed by atoms with Gasteiger partial charge < -0.3 is 10.5 Å². The molecule has 0 amide bonds. The van der Waals surface area contributed by atoms with Crippen molar-refractivity contribution in [2.75, 3.05) is 19.5 Å². The van der Waals surface area contributed by atoms with Crippen LogP contribution in [0.15, 0.2) is 30.3 Å². The Morgan fingerprint density at radius 1 is 1.33 bits per heavy atom. The van der Waals surface area contributed by atoms with E-state index in [2.05, 4.69) is 0 Å². The summed E-state index contributed by atoms with van der Waals surface area (Å²) in [6, 6.07) is 9.54. The highest BCUT2D eigenvalue weighted by Crippen LogP contribution is 2.53. The molecule has 100 valence electrons. The quantitative estimate of drug-likeness (QED) is 0.863. The van der Waals surface area contributed by atoms with Crippen LogP contribution < -0.4 is 5.73 Å². The van der Waals surface area contributed by atoms with E-state index in [-0.39, 0.29) is 12.5 Å². The minimum Gasteiger partial charge on any atom is -0.380 e. The lowest BCUT2D eigenvalue weighted by molar-refractivity contribution is 0.125. The number of hydrogen-bond acceptors (Lipinski definition) is 4. The van der Waals surface area contributed by atoms with E-state index in [1.807, 2.05) is 37.3 Å². The molecule has 1 aromatic rings. The van der Waals surface area contributed by atoms with E-state index in [9.17, 15) is 8.42 Å². The van der Waals surface area contributed by atoms with Gasteiger partial charge in [0, 0.05) is 18.8 Å². The Balaban J connectivity index is 2.29. The van der Waals surface area contributed by atoms with Gasteiger partial charge in [0.15, 0.2) is 9.84 Å². The van der Waals surface area contributed by atoms with Gasteiger partial charge in [-0.1, -0.05) is 30.3 Å². The van der Waals surface area contributed by atoms with Gasteiger partial charge in [-0.25, -0.2) is 8.42 Å². The molecule has 0 bridgehead atoms. The highest BCUT2D eigenvalue weighted by Gasteiger charge is 2.67. The highest BCUT2D eigenvalue weighted by atomic mass is 32.2. The number of ether oxygens (including phenoxy) is 1. The first-order chi connectivity index (χ1) is 8.41. The number of rotatable bonds is 5. The first-order valence-corrected chi connectivity index (χ1v) is 7.97. The summed E-state index contributed by atoms with van der Waals surface area (Å²) in [4.78, 5) is 0. The largest absolute Gasteiger partial charge is 0.380 e. The van der Waals surface area contributed by atoms with E-state index in [4.69, 9.17) is 10.5 Å². The van der Waals surface area contributed by atoms with Gasteiger partial charge in [0.05, 0.1) is 17.4 Å². The Morgan fingerprint density at radius 3 is 2.44 bits per heavy atom. The van der Waals surface area contributed by atoms with E-state index in [1.165, 1.54) is 6.26 Å². The van der Waals surface area contributed by atoms with E-state index in [0.717, 1.165) is 5.56 Å². The standard InChI is InChI=1S/C13H19NO3S/c1-3-17-9-13(14)11(12(13)18(2,15)16)10-7-5-4-6-8-10/h4-8,11-12H,3,9,14H2,1-2H3/t11-,12-,13-/m0/s1. The maximum Gasteiger partial charge on any atom is 0.152 e. The Labute approximate surface area is 108 Å². The SMILES string of the molecule is CCOC[C@]1(N)[C@@H](c2ccccc2)[C@@H]1S(C)(=O)=O. The van der Waals surface area contributed by atoms with Crippen molar-refractivity contribution in [2.45, 2.75) is 23.6 Å².